The van der Waals surface area contributed by atoms with E-state index in [0.717, 1.165) is 32.5 Å². The SMILES string of the molecule is NC(=O)CCN1CCC2NC(=O)CCC2C1. The largest absolute Gasteiger partial charge is 0.370 e. The quantitative estimate of drug-likeness (QED) is 0.677. The van der Waals surface area contributed by atoms with Crippen molar-refractivity contribution in [2.24, 2.45) is 11.7 Å². The summed E-state index contributed by atoms with van der Waals surface area (Å²) in [4.78, 5) is 24.2. The van der Waals surface area contributed by atoms with Crippen LogP contribution in [-0.2, 0) is 9.59 Å². The number of piperidine rings is 2. The molecule has 16 heavy (non-hydrogen) atoms. The Morgan fingerprint density at radius 2 is 2.31 bits per heavy atom. The number of likely N-dealkylation sites (tertiary alicyclic amines) is 1. The Labute approximate surface area is 95.3 Å². The van der Waals surface area contributed by atoms with Gasteiger partial charge in [0.2, 0.25) is 11.8 Å². The van der Waals surface area contributed by atoms with Crippen molar-refractivity contribution < 1.29 is 9.59 Å². The van der Waals surface area contributed by atoms with Crippen LogP contribution in [0.1, 0.15) is 25.7 Å². The fraction of sp³-hybridized carbons (Fsp3) is 0.818. The molecule has 5 nitrogen and oxygen atoms in total. The van der Waals surface area contributed by atoms with Crippen molar-refractivity contribution in [1.29, 1.82) is 0 Å². The zero-order valence-corrected chi connectivity index (χ0v) is 9.45. The van der Waals surface area contributed by atoms with Crippen molar-refractivity contribution in [2.75, 3.05) is 19.6 Å². The fourth-order valence-corrected chi connectivity index (χ4v) is 2.66. The molecule has 0 spiro atoms. The Morgan fingerprint density at radius 1 is 1.50 bits per heavy atom. The first-order valence-electron chi connectivity index (χ1n) is 5.95. The van der Waals surface area contributed by atoms with E-state index in [1.807, 2.05) is 0 Å². The highest BCUT2D eigenvalue weighted by Crippen LogP contribution is 2.25. The van der Waals surface area contributed by atoms with Gasteiger partial charge in [0.05, 0.1) is 0 Å². The molecule has 2 atom stereocenters. The van der Waals surface area contributed by atoms with E-state index in [0.29, 0.717) is 24.8 Å². The summed E-state index contributed by atoms with van der Waals surface area (Å²) in [5.74, 6) is 0.505. The normalized spacial score (nSPS) is 30.6. The number of nitrogens with zero attached hydrogens (tertiary/aromatic N) is 1. The maximum Gasteiger partial charge on any atom is 0.220 e. The molecule has 0 radical (unpaired) electrons. The summed E-state index contributed by atoms with van der Waals surface area (Å²) >= 11 is 0. The Kier molecular flexibility index (Phi) is 3.43. The topological polar surface area (TPSA) is 75.4 Å². The second kappa shape index (κ2) is 4.82. The number of hydrogen-bond donors (Lipinski definition) is 2. The van der Waals surface area contributed by atoms with E-state index in [9.17, 15) is 9.59 Å². The second-order valence-electron chi connectivity index (χ2n) is 4.78. The lowest BCUT2D eigenvalue weighted by molar-refractivity contribution is -0.125. The third kappa shape index (κ3) is 2.72. The van der Waals surface area contributed by atoms with E-state index in [4.69, 9.17) is 5.73 Å². The molecular weight excluding hydrogens is 206 g/mol. The van der Waals surface area contributed by atoms with Crippen LogP contribution in [0.2, 0.25) is 0 Å². The molecule has 2 aliphatic heterocycles. The number of fused-ring (bicyclic) bond motifs is 1. The molecular formula is C11H19N3O2. The molecule has 3 N–H and O–H groups in total. The molecule has 0 aromatic rings. The van der Waals surface area contributed by atoms with Crippen molar-refractivity contribution in [3.05, 3.63) is 0 Å². The average molecular weight is 225 g/mol. The standard InChI is InChI=1S/C11H19N3O2/c12-10(15)4-6-14-5-3-9-8(7-14)1-2-11(16)13-9/h8-9H,1-7H2,(H2,12,15)(H,13,16). The maximum atomic E-state index is 11.2. The summed E-state index contributed by atoms with van der Waals surface area (Å²) in [6.45, 7) is 2.69. The van der Waals surface area contributed by atoms with Gasteiger partial charge in [0.25, 0.3) is 0 Å². The van der Waals surface area contributed by atoms with Gasteiger partial charge in [-0.05, 0) is 18.8 Å². The Morgan fingerprint density at radius 3 is 3.06 bits per heavy atom. The van der Waals surface area contributed by atoms with Gasteiger partial charge in [0.15, 0.2) is 0 Å². The molecule has 2 rings (SSSR count). The Hall–Kier alpha value is -1.10. The van der Waals surface area contributed by atoms with Gasteiger partial charge in [-0.2, -0.15) is 0 Å². The van der Waals surface area contributed by atoms with Crippen molar-refractivity contribution in [3.63, 3.8) is 0 Å². The highest BCUT2D eigenvalue weighted by molar-refractivity contribution is 5.77. The predicted octanol–water partition coefficient (Wildman–Crippen LogP) is -0.538. The van der Waals surface area contributed by atoms with Crippen molar-refractivity contribution >= 4 is 11.8 Å². The van der Waals surface area contributed by atoms with Crippen LogP contribution in [-0.4, -0.2) is 42.4 Å². The predicted molar refractivity (Wildman–Crippen MR) is 59.5 cm³/mol. The number of nitrogens with two attached hydrogens (primary N) is 1. The fourth-order valence-electron chi connectivity index (χ4n) is 2.66. The van der Waals surface area contributed by atoms with E-state index in [1.165, 1.54) is 0 Å². The number of carbonyl (C=O) groups is 2. The summed E-state index contributed by atoms with van der Waals surface area (Å²) in [6.07, 6.45) is 3.05. The smallest absolute Gasteiger partial charge is 0.220 e. The Balaban J connectivity index is 1.81. The van der Waals surface area contributed by atoms with Gasteiger partial charge in [-0.1, -0.05) is 0 Å². The zero-order chi connectivity index (χ0) is 11.5. The van der Waals surface area contributed by atoms with Crippen LogP contribution in [0.5, 0.6) is 0 Å². The second-order valence-corrected chi connectivity index (χ2v) is 4.78. The third-order valence-electron chi connectivity index (χ3n) is 3.58. The highest BCUT2D eigenvalue weighted by atomic mass is 16.2. The van der Waals surface area contributed by atoms with Gasteiger partial charge in [0, 0.05) is 38.5 Å². The summed E-state index contributed by atoms with van der Waals surface area (Å²) in [6, 6.07) is 0.353. The molecule has 90 valence electrons. The number of amides is 2. The molecule has 0 bridgehead atoms. The summed E-state index contributed by atoms with van der Waals surface area (Å²) in [7, 11) is 0. The van der Waals surface area contributed by atoms with Gasteiger partial charge in [0.1, 0.15) is 0 Å². The van der Waals surface area contributed by atoms with Crippen molar-refractivity contribution in [1.82, 2.24) is 10.2 Å². The van der Waals surface area contributed by atoms with Crippen LogP contribution in [0, 0.1) is 5.92 Å². The first-order valence-corrected chi connectivity index (χ1v) is 5.95. The van der Waals surface area contributed by atoms with Gasteiger partial charge >= 0.3 is 0 Å². The number of carbonyl (C=O) groups excluding carboxylic acids is 2. The van der Waals surface area contributed by atoms with E-state index in [1.54, 1.807) is 0 Å². The lowest BCUT2D eigenvalue weighted by Crippen LogP contribution is -2.54. The summed E-state index contributed by atoms with van der Waals surface area (Å²) < 4.78 is 0. The first-order chi connectivity index (χ1) is 7.65. The molecule has 2 fully saturated rings. The Bertz CT molecular complexity index is 293. The van der Waals surface area contributed by atoms with E-state index < -0.39 is 0 Å². The lowest BCUT2D eigenvalue weighted by atomic mass is 9.85. The molecule has 5 heteroatoms. The molecule has 2 unspecified atom stereocenters. The minimum atomic E-state index is -0.237. The molecule has 2 amide bonds. The average Bonchev–Trinajstić information content (AvgIpc) is 2.26. The number of rotatable bonds is 3. The molecule has 0 aliphatic carbocycles. The van der Waals surface area contributed by atoms with E-state index >= 15 is 0 Å². The maximum absolute atomic E-state index is 11.2. The van der Waals surface area contributed by atoms with Crippen LogP contribution in [0.3, 0.4) is 0 Å². The van der Waals surface area contributed by atoms with Gasteiger partial charge in [-0.15, -0.1) is 0 Å². The van der Waals surface area contributed by atoms with Crippen LogP contribution in [0.15, 0.2) is 0 Å². The number of primary amides is 1. The molecule has 2 heterocycles. The minimum absolute atomic E-state index is 0.187. The molecule has 0 saturated carbocycles. The van der Waals surface area contributed by atoms with Crippen molar-refractivity contribution in [2.45, 2.75) is 31.7 Å². The molecule has 0 aromatic heterocycles. The monoisotopic (exact) mass is 225 g/mol. The van der Waals surface area contributed by atoms with Crippen LogP contribution in [0.4, 0.5) is 0 Å². The van der Waals surface area contributed by atoms with E-state index in [2.05, 4.69) is 10.2 Å². The minimum Gasteiger partial charge on any atom is -0.370 e. The summed E-state index contributed by atoms with van der Waals surface area (Å²) in [5, 5.41) is 3.05. The number of hydrogen-bond acceptors (Lipinski definition) is 3. The third-order valence-corrected chi connectivity index (χ3v) is 3.58. The first kappa shape index (κ1) is 11.4. The van der Waals surface area contributed by atoms with Gasteiger partial charge in [-0.25, -0.2) is 0 Å². The molecule has 2 saturated heterocycles. The van der Waals surface area contributed by atoms with Gasteiger partial charge < -0.3 is 16.0 Å². The number of nitrogens with one attached hydrogen (secondary N) is 1. The molecule has 0 aromatic carbocycles. The lowest BCUT2D eigenvalue weighted by Gasteiger charge is -2.41. The van der Waals surface area contributed by atoms with Crippen LogP contribution < -0.4 is 11.1 Å². The van der Waals surface area contributed by atoms with Crippen LogP contribution >= 0.6 is 0 Å². The zero-order valence-electron chi connectivity index (χ0n) is 9.45. The summed E-state index contributed by atoms with van der Waals surface area (Å²) in [5.41, 5.74) is 5.14. The van der Waals surface area contributed by atoms with Gasteiger partial charge in [-0.3, -0.25) is 9.59 Å². The molecule has 2 aliphatic rings. The van der Waals surface area contributed by atoms with Crippen molar-refractivity contribution in [3.8, 4) is 0 Å². The van der Waals surface area contributed by atoms with E-state index in [-0.39, 0.29) is 11.8 Å². The van der Waals surface area contributed by atoms with Crippen LogP contribution in [0.25, 0.3) is 0 Å². The highest BCUT2D eigenvalue weighted by Gasteiger charge is 2.33.